The van der Waals surface area contributed by atoms with Gasteiger partial charge in [-0.25, -0.2) is 4.98 Å². The first-order valence-electron chi connectivity index (χ1n) is 6.52. The Morgan fingerprint density at radius 1 is 1.23 bits per heavy atom. The minimum Gasteiger partial charge on any atom is -0.326 e. The molecule has 8 heteroatoms. The average Bonchev–Trinajstić information content (AvgIpc) is 2.95. The van der Waals surface area contributed by atoms with Crippen molar-refractivity contribution < 1.29 is 4.79 Å². The molecule has 1 amide bonds. The third-order valence-electron chi connectivity index (χ3n) is 2.89. The molecule has 0 unspecified atom stereocenters. The highest BCUT2D eigenvalue weighted by molar-refractivity contribution is 6.01. The van der Waals surface area contributed by atoms with Crippen molar-refractivity contribution in [3.8, 4) is 0 Å². The predicted molar refractivity (Wildman–Crippen MR) is 78.4 cm³/mol. The monoisotopic (exact) mass is 296 g/mol. The van der Waals surface area contributed by atoms with Crippen molar-refractivity contribution >= 4 is 11.9 Å². The highest BCUT2D eigenvalue weighted by Crippen LogP contribution is 2.07. The minimum atomic E-state index is -0.660. The van der Waals surface area contributed by atoms with E-state index in [0.29, 0.717) is 12.2 Å². The molecule has 0 aliphatic carbocycles. The number of hydrogen-bond donors (Lipinski definition) is 3. The molecule has 0 radical (unpaired) electrons. The third kappa shape index (κ3) is 3.06. The van der Waals surface area contributed by atoms with E-state index in [9.17, 15) is 9.59 Å². The van der Waals surface area contributed by atoms with Gasteiger partial charge in [0.1, 0.15) is 5.82 Å². The van der Waals surface area contributed by atoms with Gasteiger partial charge in [0, 0.05) is 18.8 Å². The van der Waals surface area contributed by atoms with Crippen LogP contribution in [0.5, 0.6) is 0 Å². The molecule has 2 heterocycles. The predicted octanol–water partition coefficient (Wildman–Crippen LogP) is 0.731. The Hall–Kier alpha value is -3.29. The number of nitrogens with one attached hydrogen (secondary N) is 3. The van der Waals surface area contributed by atoms with Crippen molar-refractivity contribution in [2.45, 2.75) is 6.42 Å². The number of carbonyl (C=O) groups is 1. The number of carbonyl (C=O) groups excluding carboxylic acids is 1. The second kappa shape index (κ2) is 6.00. The quantitative estimate of drug-likeness (QED) is 0.656. The van der Waals surface area contributed by atoms with Gasteiger partial charge in [-0.1, -0.05) is 30.3 Å². The SMILES string of the molecule is O=C(Nc1n[nH]c(Cc2ccccc2)n1)c1ncc[nH]c1=O. The van der Waals surface area contributed by atoms with Crippen LogP contribution in [-0.2, 0) is 6.42 Å². The Kier molecular flexibility index (Phi) is 3.73. The fourth-order valence-corrected chi connectivity index (χ4v) is 1.89. The summed E-state index contributed by atoms with van der Waals surface area (Å²) in [5, 5.41) is 9.07. The summed E-state index contributed by atoms with van der Waals surface area (Å²) in [7, 11) is 0. The minimum absolute atomic E-state index is 0.0981. The van der Waals surface area contributed by atoms with Gasteiger partial charge in [-0.3, -0.25) is 20.0 Å². The molecular weight excluding hydrogens is 284 g/mol. The van der Waals surface area contributed by atoms with Crippen molar-refractivity contribution in [2.24, 2.45) is 0 Å². The Bertz CT molecular complexity index is 840. The molecule has 0 saturated carbocycles. The van der Waals surface area contributed by atoms with Gasteiger partial charge in [0.15, 0.2) is 5.69 Å². The number of aromatic amines is 2. The van der Waals surface area contributed by atoms with E-state index in [1.54, 1.807) is 0 Å². The lowest BCUT2D eigenvalue weighted by molar-refractivity contribution is 0.102. The second-order valence-corrected chi connectivity index (χ2v) is 4.49. The number of aromatic nitrogens is 5. The lowest BCUT2D eigenvalue weighted by Crippen LogP contribution is -2.24. The molecule has 0 aliphatic heterocycles. The van der Waals surface area contributed by atoms with E-state index in [4.69, 9.17) is 0 Å². The molecule has 3 rings (SSSR count). The molecule has 2 aromatic heterocycles. The van der Waals surface area contributed by atoms with Crippen LogP contribution in [-0.4, -0.2) is 31.1 Å². The standard InChI is InChI=1S/C14H12N6O2/c21-12-11(15-6-7-16-12)13(22)18-14-17-10(19-20-14)8-9-4-2-1-3-5-9/h1-7H,8H2,(H,16,21)(H2,17,18,19,20,22). The number of benzene rings is 1. The van der Waals surface area contributed by atoms with Gasteiger partial charge >= 0.3 is 0 Å². The summed E-state index contributed by atoms with van der Waals surface area (Å²) in [4.78, 5) is 33.7. The van der Waals surface area contributed by atoms with Crippen molar-refractivity contribution in [2.75, 3.05) is 5.32 Å². The topological polar surface area (TPSA) is 116 Å². The molecule has 0 bridgehead atoms. The summed E-state index contributed by atoms with van der Waals surface area (Å²) >= 11 is 0. The summed E-state index contributed by atoms with van der Waals surface area (Å²) < 4.78 is 0. The number of hydrogen-bond acceptors (Lipinski definition) is 5. The summed E-state index contributed by atoms with van der Waals surface area (Å²) in [6.07, 6.45) is 3.24. The first kappa shape index (κ1) is 13.7. The van der Waals surface area contributed by atoms with E-state index >= 15 is 0 Å². The summed E-state index contributed by atoms with van der Waals surface area (Å²) in [6.45, 7) is 0. The summed E-state index contributed by atoms with van der Waals surface area (Å²) in [6, 6.07) is 9.73. The Labute approximate surface area is 124 Å². The van der Waals surface area contributed by atoms with E-state index in [2.05, 4.69) is 30.5 Å². The zero-order valence-electron chi connectivity index (χ0n) is 11.4. The molecule has 0 atom stereocenters. The van der Waals surface area contributed by atoms with Crippen LogP contribution >= 0.6 is 0 Å². The highest BCUT2D eigenvalue weighted by atomic mass is 16.2. The number of amides is 1. The van der Waals surface area contributed by atoms with Crippen molar-refractivity contribution in [3.05, 3.63) is 70.2 Å². The first-order valence-corrected chi connectivity index (χ1v) is 6.52. The van der Waals surface area contributed by atoms with Crippen LogP contribution in [0.4, 0.5) is 5.95 Å². The van der Waals surface area contributed by atoms with Crippen LogP contribution in [0.1, 0.15) is 21.9 Å². The van der Waals surface area contributed by atoms with Gasteiger partial charge in [-0.2, -0.15) is 4.98 Å². The molecule has 8 nitrogen and oxygen atoms in total. The molecule has 0 aliphatic rings. The number of nitrogens with zero attached hydrogens (tertiary/aromatic N) is 3. The molecular formula is C14H12N6O2. The molecule has 0 spiro atoms. The van der Waals surface area contributed by atoms with Gasteiger partial charge in [-0.05, 0) is 5.56 Å². The molecule has 110 valence electrons. The molecule has 0 fully saturated rings. The van der Waals surface area contributed by atoms with Gasteiger partial charge in [0.05, 0.1) is 0 Å². The van der Waals surface area contributed by atoms with Gasteiger partial charge in [0.2, 0.25) is 5.95 Å². The van der Waals surface area contributed by atoms with Crippen molar-refractivity contribution in [1.82, 2.24) is 25.1 Å². The molecule has 3 N–H and O–H groups in total. The van der Waals surface area contributed by atoms with E-state index in [0.717, 1.165) is 5.56 Å². The van der Waals surface area contributed by atoms with E-state index in [1.807, 2.05) is 30.3 Å². The molecule has 0 saturated heterocycles. The van der Waals surface area contributed by atoms with Crippen LogP contribution in [0.2, 0.25) is 0 Å². The summed E-state index contributed by atoms with van der Waals surface area (Å²) in [5.41, 5.74) is 0.259. The lowest BCUT2D eigenvalue weighted by atomic mass is 10.1. The largest absolute Gasteiger partial charge is 0.326 e. The van der Waals surface area contributed by atoms with E-state index in [-0.39, 0.29) is 11.6 Å². The lowest BCUT2D eigenvalue weighted by Gasteiger charge is -1.98. The van der Waals surface area contributed by atoms with Gasteiger partial charge in [-0.15, -0.1) is 5.10 Å². The first-order chi connectivity index (χ1) is 10.7. The Balaban J connectivity index is 1.71. The fourth-order valence-electron chi connectivity index (χ4n) is 1.89. The second-order valence-electron chi connectivity index (χ2n) is 4.49. The zero-order chi connectivity index (χ0) is 15.4. The maximum absolute atomic E-state index is 11.9. The maximum atomic E-state index is 11.9. The zero-order valence-corrected chi connectivity index (χ0v) is 11.4. The summed E-state index contributed by atoms with van der Waals surface area (Å²) in [5.74, 6) is 0.0459. The van der Waals surface area contributed by atoms with Crippen LogP contribution in [0, 0.1) is 0 Å². The fraction of sp³-hybridized carbons (Fsp3) is 0.0714. The normalized spacial score (nSPS) is 10.4. The van der Waals surface area contributed by atoms with Crippen LogP contribution in [0.15, 0.2) is 47.5 Å². The van der Waals surface area contributed by atoms with Gasteiger partial charge < -0.3 is 4.98 Å². The third-order valence-corrected chi connectivity index (χ3v) is 2.89. The molecule has 22 heavy (non-hydrogen) atoms. The van der Waals surface area contributed by atoms with Crippen molar-refractivity contribution in [1.29, 1.82) is 0 Å². The molecule has 1 aromatic carbocycles. The highest BCUT2D eigenvalue weighted by Gasteiger charge is 2.14. The maximum Gasteiger partial charge on any atom is 0.282 e. The van der Waals surface area contributed by atoms with E-state index < -0.39 is 11.5 Å². The number of H-pyrrole nitrogens is 2. The van der Waals surface area contributed by atoms with E-state index in [1.165, 1.54) is 12.4 Å². The van der Waals surface area contributed by atoms with Crippen LogP contribution in [0.25, 0.3) is 0 Å². The average molecular weight is 296 g/mol. The Morgan fingerprint density at radius 3 is 2.82 bits per heavy atom. The van der Waals surface area contributed by atoms with Crippen LogP contribution < -0.4 is 10.9 Å². The van der Waals surface area contributed by atoms with Gasteiger partial charge in [0.25, 0.3) is 11.5 Å². The smallest absolute Gasteiger partial charge is 0.282 e. The molecule has 3 aromatic rings. The number of anilines is 1. The van der Waals surface area contributed by atoms with Crippen molar-refractivity contribution in [3.63, 3.8) is 0 Å². The number of rotatable bonds is 4. The Morgan fingerprint density at radius 2 is 2.05 bits per heavy atom. The van der Waals surface area contributed by atoms with Crippen LogP contribution in [0.3, 0.4) is 0 Å².